The van der Waals surface area contributed by atoms with E-state index < -0.39 is 17.4 Å². The number of rotatable bonds is 2. The molecule has 2 aliphatic rings. The van der Waals surface area contributed by atoms with E-state index in [-0.39, 0.29) is 24.5 Å². The van der Waals surface area contributed by atoms with Crippen molar-refractivity contribution in [1.82, 2.24) is 0 Å². The fourth-order valence-electron chi connectivity index (χ4n) is 2.74. The van der Waals surface area contributed by atoms with Crippen LogP contribution < -0.4 is 0 Å². The van der Waals surface area contributed by atoms with Gasteiger partial charge in [0, 0.05) is 5.92 Å². The van der Waals surface area contributed by atoms with Gasteiger partial charge in [-0.25, -0.2) is 0 Å². The summed E-state index contributed by atoms with van der Waals surface area (Å²) in [6, 6.07) is 0. The summed E-state index contributed by atoms with van der Waals surface area (Å²) in [4.78, 5) is 35.3. The summed E-state index contributed by atoms with van der Waals surface area (Å²) in [6.07, 6.45) is 1.82. The second-order valence-corrected chi connectivity index (χ2v) is 4.61. The molecule has 0 spiro atoms. The van der Waals surface area contributed by atoms with E-state index >= 15 is 0 Å². The Bertz CT molecular complexity index is 470. The number of carbonyl (C=O) groups is 3. The number of hydrogen-bond donors (Lipinski definition) is 0. The van der Waals surface area contributed by atoms with Gasteiger partial charge < -0.3 is 9.47 Å². The van der Waals surface area contributed by atoms with E-state index in [9.17, 15) is 14.4 Å². The van der Waals surface area contributed by atoms with Gasteiger partial charge in [-0.2, -0.15) is 0 Å². The van der Waals surface area contributed by atoms with E-state index in [1.54, 1.807) is 0 Å². The van der Waals surface area contributed by atoms with Crippen LogP contribution in [-0.4, -0.2) is 31.9 Å². The Morgan fingerprint density at radius 1 is 1.33 bits per heavy atom. The van der Waals surface area contributed by atoms with Crippen molar-refractivity contribution in [2.24, 2.45) is 11.3 Å². The van der Waals surface area contributed by atoms with Crippen molar-refractivity contribution in [2.75, 3.05) is 14.2 Å². The monoisotopic (exact) mass is 250 g/mol. The molecule has 1 unspecified atom stereocenters. The Balaban J connectivity index is 2.40. The van der Waals surface area contributed by atoms with Crippen molar-refractivity contribution in [3.63, 3.8) is 0 Å². The summed E-state index contributed by atoms with van der Waals surface area (Å²) in [5.74, 6) is -1.61. The van der Waals surface area contributed by atoms with E-state index in [4.69, 9.17) is 9.47 Å². The lowest BCUT2D eigenvalue weighted by Crippen LogP contribution is -2.39. The molecule has 1 atom stereocenters. The molecule has 0 aliphatic heterocycles. The molecule has 1 saturated carbocycles. The van der Waals surface area contributed by atoms with Gasteiger partial charge in [0.2, 0.25) is 0 Å². The third-order valence-electron chi connectivity index (χ3n) is 3.71. The van der Waals surface area contributed by atoms with Gasteiger partial charge >= 0.3 is 11.9 Å². The highest BCUT2D eigenvalue weighted by Gasteiger charge is 2.57. The van der Waals surface area contributed by atoms with Crippen molar-refractivity contribution in [3.05, 3.63) is 23.8 Å². The number of fused-ring (bicyclic) bond motifs is 1. The standard InChI is InChI=1S/C13H14O5/c1-7-9-6-13(11(15)17-2,12(16)18-3)5-8(9)4-10(7)14/h4,9H,1,5-6H2,2-3H3. The average Bonchev–Trinajstić information content (AvgIpc) is 2.86. The topological polar surface area (TPSA) is 69.7 Å². The number of allylic oxidation sites excluding steroid dienone is 3. The molecule has 0 aromatic heterocycles. The summed E-state index contributed by atoms with van der Waals surface area (Å²) < 4.78 is 9.41. The first-order valence-corrected chi connectivity index (χ1v) is 5.56. The van der Waals surface area contributed by atoms with Crippen LogP contribution in [0.5, 0.6) is 0 Å². The van der Waals surface area contributed by atoms with E-state index in [1.807, 2.05) is 0 Å². The number of ketones is 1. The Hall–Kier alpha value is -1.91. The van der Waals surface area contributed by atoms with E-state index in [1.165, 1.54) is 20.3 Å². The zero-order chi connectivity index (χ0) is 13.5. The molecule has 5 nitrogen and oxygen atoms in total. The maximum atomic E-state index is 11.9. The quantitative estimate of drug-likeness (QED) is 0.412. The Morgan fingerprint density at radius 3 is 2.33 bits per heavy atom. The highest BCUT2D eigenvalue weighted by atomic mass is 16.5. The average molecular weight is 250 g/mol. The molecule has 18 heavy (non-hydrogen) atoms. The second-order valence-electron chi connectivity index (χ2n) is 4.61. The fraction of sp³-hybridized carbons (Fsp3) is 0.462. The number of ether oxygens (including phenoxy) is 2. The Morgan fingerprint density at radius 2 is 1.89 bits per heavy atom. The van der Waals surface area contributed by atoms with Gasteiger partial charge in [0.15, 0.2) is 11.2 Å². The number of esters is 2. The molecule has 0 aromatic rings. The van der Waals surface area contributed by atoms with Crippen LogP contribution in [0, 0.1) is 11.3 Å². The molecule has 0 bridgehead atoms. The molecule has 5 heteroatoms. The van der Waals surface area contributed by atoms with Crippen molar-refractivity contribution in [1.29, 1.82) is 0 Å². The largest absolute Gasteiger partial charge is 0.468 e. The van der Waals surface area contributed by atoms with Crippen LogP contribution in [0.3, 0.4) is 0 Å². The molecule has 2 aliphatic carbocycles. The minimum Gasteiger partial charge on any atom is -0.468 e. The van der Waals surface area contributed by atoms with Crippen molar-refractivity contribution >= 4 is 17.7 Å². The molecule has 0 heterocycles. The molecule has 0 saturated heterocycles. The predicted molar refractivity (Wildman–Crippen MR) is 61.4 cm³/mol. The first kappa shape index (κ1) is 12.5. The maximum absolute atomic E-state index is 11.9. The maximum Gasteiger partial charge on any atom is 0.323 e. The van der Waals surface area contributed by atoms with Crippen LogP contribution in [0.4, 0.5) is 0 Å². The number of methoxy groups -OCH3 is 2. The van der Waals surface area contributed by atoms with Gasteiger partial charge in [-0.05, 0) is 24.5 Å². The molecule has 0 aromatic carbocycles. The van der Waals surface area contributed by atoms with E-state index in [0.29, 0.717) is 5.57 Å². The fourth-order valence-corrected chi connectivity index (χ4v) is 2.74. The zero-order valence-corrected chi connectivity index (χ0v) is 10.3. The highest BCUT2D eigenvalue weighted by Crippen LogP contribution is 2.52. The van der Waals surface area contributed by atoms with Crippen molar-refractivity contribution in [2.45, 2.75) is 12.8 Å². The molecule has 2 rings (SSSR count). The van der Waals surface area contributed by atoms with Crippen LogP contribution in [0.1, 0.15) is 12.8 Å². The summed E-state index contributed by atoms with van der Waals surface area (Å²) >= 11 is 0. The van der Waals surface area contributed by atoms with Gasteiger partial charge in [-0.1, -0.05) is 12.2 Å². The van der Waals surface area contributed by atoms with Gasteiger partial charge in [0.05, 0.1) is 14.2 Å². The lowest BCUT2D eigenvalue weighted by atomic mass is 9.83. The van der Waals surface area contributed by atoms with Crippen LogP contribution >= 0.6 is 0 Å². The minimum atomic E-state index is -1.33. The summed E-state index contributed by atoms with van der Waals surface area (Å²) in [7, 11) is 2.46. The molecular formula is C13H14O5. The SMILES string of the molecule is C=C1C(=O)C=C2CC(C(=O)OC)(C(=O)OC)CC12. The van der Waals surface area contributed by atoms with Crippen LogP contribution in [0.15, 0.2) is 23.8 Å². The van der Waals surface area contributed by atoms with Crippen LogP contribution in [0.2, 0.25) is 0 Å². The van der Waals surface area contributed by atoms with Crippen molar-refractivity contribution < 1.29 is 23.9 Å². The van der Waals surface area contributed by atoms with Gasteiger partial charge in [0.25, 0.3) is 0 Å². The molecule has 0 amide bonds. The smallest absolute Gasteiger partial charge is 0.323 e. The second kappa shape index (κ2) is 4.08. The minimum absolute atomic E-state index is 0.127. The van der Waals surface area contributed by atoms with E-state index in [0.717, 1.165) is 5.57 Å². The van der Waals surface area contributed by atoms with Crippen LogP contribution in [-0.2, 0) is 23.9 Å². The number of carbonyl (C=O) groups excluding carboxylic acids is 3. The Kier molecular flexibility index (Phi) is 2.84. The summed E-state index contributed by atoms with van der Waals surface area (Å²) in [5, 5.41) is 0. The molecule has 96 valence electrons. The van der Waals surface area contributed by atoms with E-state index in [2.05, 4.69) is 6.58 Å². The summed E-state index contributed by atoms with van der Waals surface area (Å²) in [6.45, 7) is 3.71. The van der Waals surface area contributed by atoms with Gasteiger partial charge in [0.1, 0.15) is 0 Å². The highest BCUT2D eigenvalue weighted by molar-refractivity contribution is 6.10. The first-order valence-electron chi connectivity index (χ1n) is 5.56. The third kappa shape index (κ3) is 1.50. The lowest BCUT2D eigenvalue weighted by molar-refractivity contribution is -0.168. The van der Waals surface area contributed by atoms with Crippen molar-refractivity contribution in [3.8, 4) is 0 Å². The molecule has 0 N–H and O–H groups in total. The van der Waals surface area contributed by atoms with Gasteiger partial charge in [-0.15, -0.1) is 0 Å². The normalized spacial score (nSPS) is 24.6. The molecule has 0 radical (unpaired) electrons. The zero-order valence-electron chi connectivity index (χ0n) is 10.3. The first-order chi connectivity index (χ1) is 8.46. The lowest BCUT2D eigenvalue weighted by Gasteiger charge is -2.23. The molecule has 1 fully saturated rings. The third-order valence-corrected chi connectivity index (χ3v) is 3.71. The predicted octanol–water partition coefficient (Wildman–Crippen LogP) is 0.794. The Labute approximate surface area is 104 Å². The van der Waals surface area contributed by atoms with Gasteiger partial charge in [-0.3, -0.25) is 14.4 Å². The molecular weight excluding hydrogens is 236 g/mol. The summed E-state index contributed by atoms with van der Waals surface area (Å²) in [5.41, 5.74) is -0.135. The number of hydrogen-bond acceptors (Lipinski definition) is 5. The van der Waals surface area contributed by atoms with Crippen LogP contribution in [0.25, 0.3) is 0 Å².